The smallest absolute Gasteiger partial charge is 0.306 e. The maximum atomic E-state index is 12.4. The van der Waals surface area contributed by atoms with Gasteiger partial charge in [-0.25, -0.2) is 4.98 Å². The van der Waals surface area contributed by atoms with Gasteiger partial charge in [-0.15, -0.1) is 11.3 Å². The lowest BCUT2D eigenvalue weighted by molar-refractivity contribution is -0.142. The second-order valence-corrected chi connectivity index (χ2v) is 7.59. The van der Waals surface area contributed by atoms with E-state index in [1.165, 1.54) is 22.5 Å². The van der Waals surface area contributed by atoms with Gasteiger partial charge in [-0.1, -0.05) is 29.8 Å². The molecule has 1 aromatic carbocycles. The summed E-state index contributed by atoms with van der Waals surface area (Å²) in [4.78, 5) is 27.8. The Labute approximate surface area is 151 Å². The van der Waals surface area contributed by atoms with Crippen molar-refractivity contribution in [3.05, 3.63) is 51.5 Å². The fourth-order valence-corrected chi connectivity index (χ4v) is 3.93. The third-order valence-corrected chi connectivity index (χ3v) is 5.52. The van der Waals surface area contributed by atoms with Crippen molar-refractivity contribution in [1.82, 2.24) is 10.3 Å². The van der Waals surface area contributed by atoms with Gasteiger partial charge in [-0.05, 0) is 38.2 Å². The Morgan fingerprint density at radius 2 is 1.88 bits per heavy atom. The molecule has 2 N–H and O–H groups in total. The molecule has 0 unspecified atom stereocenters. The Bertz CT molecular complexity index is 746. The number of amides is 1. The van der Waals surface area contributed by atoms with Crippen LogP contribution in [-0.2, 0) is 11.2 Å². The van der Waals surface area contributed by atoms with E-state index in [1.807, 2.05) is 0 Å². The summed E-state index contributed by atoms with van der Waals surface area (Å²) in [6, 6.07) is 8.35. The highest BCUT2D eigenvalue weighted by Gasteiger charge is 2.27. The molecule has 0 spiro atoms. The van der Waals surface area contributed by atoms with Gasteiger partial charge in [0.15, 0.2) is 0 Å². The molecule has 1 aliphatic carbocycles. The van der Waals surface area contributed by atoms with Crippen LogP contribution in [0.1, 0.15) is 52.3 Å². The van der Waals surface area contributed by atoms with Crippen LogP contribution >= 0.6 is 11.3 Å². The molecule has 5 nitrogen and oxygen atoms in total. The highest BCUT2D eigenvalue weighted by Crippen LogP contribution is 2.25. The van der Waals surface area contributed by atoms with Crippen LogP contribution in [0.15, 0.2) is 29.6 Å². The zero-order valence-electron chi connectivity index (χ0n) is 14.2. The van der Waals surface area contributed by atoms with E-state index in [9.17, 15) is 9.59 Å². The molecule has 1 aromatic heterocycles. The van der Waals surface area contributed by atoms with Crippen molar-refractivity contribution in [2.75, 3.05) is 0 Å². The van der Waals surface area contributed by atoms with Crippen LogP contribution < -0.4 is 5.32 Å². The maximum absolute atomic E-state index is 12.4. The van der Waals surface area contributed by atoms with E-state index >= 15 is 0 Å². The molecule has 0 radical (unpaired) electrons. The lowest BCUT2D eigenvalue weighted by atomic mass is 9.86. The number of carboxylic acid groups (broad SMARTS) is 1. The summed E-state index contributed by atoms with van der Waals surface area (Å²) < 4.78 is 0. The van der Waals surface area contributed by atoms with Gasteiger partial charge in [0.25, 0.3) is 5.91 Å². The fraction of sp³-hybridized carbons (Fsp3) is 0.421. The average Bonchev–Trinajstić information content (AvgIpc) is 3.06. The molecule has 1 amide bonds. The van der Waals surface area contributed by atoms with Crippen molar-refractivity contribution >= 4 is 23.2 Å². The maximum Gasteiger partial charge on any atom is 0.306 e. The topological polar surface area (TPSA) is 79.3 Å². The van der Waals surface area contributed by atoms with Crippen molar-refractivity contribution in [1.29, 1.82) is 0 Å². The first-order valence-corrected chi connectivity index (χ1v) is 9.43. The summed E-state index contributed by atoms with van der Waals surface area (Å²) in [7, 11) is 0. The Balaban J connectivity index is 1.54. The van der Waals surface area contributed by atoms with E-state index in [1.54, 1.807) is 5.38 Å². The first-order chi connectivity index (χ1) is 12.0. The minimum Gasteiger partial charge on any atom is -0.481 e. The van der Waals surface area contributed by atoms with E-state index in [2.05, 4.69) is 41.5 Å². The molecule has 1 aliphatic rings. The standard InChI is InChI=1S/C19H22N2O3S/c1-12-2-4-13(5-3-12)10-17-21-16(11-25-17)18(22)20-15-8-6-14(7-9-15)19(23)24/h2-5,11,14-15H,6-10H2,1H3,(H,20,22)(H,23,24). The van der Waals surface area contributed by atoms with E-state index in [0.717, 1.165) is 11.4 Å². The van der Waals surface area contributed by atoms with Gasteiger partial charge in [0.1, 0.15) is 5.69 Å². The number of aliphatic carboxylic acids is 1. The van der Waals surface area contributed by atoms with Crippen molar-refractivity contribution in [2.45, 2.75) is 45.1 Å². The Kier molecular flexibility index (Phi) is 5.48. The average molecular weight is 358 g/mol. The van der Waals surface area contributed by atoms with Crippen LogP contribution in [0.4, 0.5) is 0 Å². The minimum absolute atomic E-state index is 0.0466. The third kappa shape index (κ3) is 4.66. The van der Waals surface area contributed by atoms with Crippen molar-refractivity contribution in [3.8, 4) is 0 Å². The summed E-state index contributed by atoms with van der Waals surface area (Å²) in [5, 5.41) is 14.7. The number of carboxylic acids is 1. The Morgan fingerprint density at radius 1 is 1.20 bits per heavy atom. The second kappa shape index (κ2) is 7.78. The predicted octanol–water partition coefficient (Wildman–Crippen LogP) is 3.42. The third-order valence-electron chi connectivity index (χ3n) is 4.67. The fourth-order valence-electron chi connectivity index (χ4n) is 3.12. The number of hydrogen-bond acceptors (Lipinski definition) is 4. The second-order valence-electron chi connectivity index (χ2n) is 6.65. The van der Waals surface area contributed by atoms with Gasteiger partial charge in [-0.2, -0.15) is 0 Å². The van der Waals surface area contributed by atoms with E-state index in [0.29, 0.717) is 31.4 Å². The van der Waals surface area contributed by atoms with Crippen LogP contribution in [0, 0.1) is 12.8 Å². The Morgan fingerprint density at radius 3 is 2.52 bits per heavy atom. The minimum atomic E-state index is -0.731. The molecule has 0 atom stereocenters. The van der Waals surface area contributed by atoms with Crippen LogP contribution in [0.2, 0.25) is 0 Å². The highest BCUT2D eigenvalue weighted by molar-refractivity contribution is 7.09. The molecule has 0 aliphatic heterocycles. The number of rotatable bonds is 5. The van der Waals surface area contributed by atoms with Crippen LogP contribution in [0.5, 0.6) is 0 Å². The van der Waals surface area contributed by atoms with Crippen LogP contribution in [-0.4, -0.2) is 28.0 Å². The molecule has 3 rings (SSSR count). The van der Waals surface area contributed by atoms with E-state index < -0.39 is 5.97 Å². The zero-order valence-corrected chi connectivity index (χ0v) is 15.0. The van der Waals surface area contributed by atoms with E-state index in [-0.39, 0.29) is 17.9 Å². The first-order valence-electron chi connectivity index (χ1n) is 8.55. The number of nitrogens with zero attached hydrogens (tertiary/aromatic N) is 1. The van der Waals surface area contributed by atoms with Gasteiger partial charge in [-0.3, -0.25) is 9.59 Å². The summed E-state index contributed by atoms with van der Waals surface area (Å²) in [6.45, 7) is 2.06. The molecule has 1 heterocycles. The lowest BCUT2D eigenvalue weighted by Gasteiger charge is -2.26. The normalized spacial score (nSPS) is 20.2. The van der Waals surface area contributed by atoms with Crippen molar-refractivity contribution in [3.63, 3.8) is 0 Å². The molecule has 132 valence electrons. The first kappa shape index (κ1) is 17.6. The number of benzene rings is 1. The van der Waals surface area contributed by atoms with Gasteiger partial charge < -0.3 is 10.4 Å². The van der Waals surface area contributed by atoms with Crippen molar-refractivity contribution in [2.24, 2.45) is 5.92 Å². The number of thiazole rings is 1. The van der Waals surface area contributed by atoms with Crippen molar-refractivity contribution < 1.29 is 14.7 Å². The largest absolute Gasteiger partial charge is 0.481 e. The molecule has 25 heavy (non-hydrogen) atoms. The SMILES string of the molecule is Cc1ccc(Cc2nc(C(=O)NC3CCC(C(=O)O)CC3)cs2)cc1. The molecule has 1 fully saturated rings. The van der Waals surface area contributed by atoms with E-state index in [4.69, 9.17) is 5.11 Å². The summed E-state index contributed by atoms with van der Waals surface area (Å²) in [5.74, 6) is -1.16. The zero-order chi connectivity index (χ0) is 17.8. The molecular weight excluding hydrogens is 336 g/mol. The van der Waals surface area contributed by atoms with Crippen LogP contribution in [0.25, 0.3) is 0 Å². The molecular formula is C19H22N2O3S. The molecule has 0 saturated heterocycles. The van der Waals surface area contributed by atoms with Gasteiger partial charge in [0.05, 0.1) is 10.9 Å². The summed E-state index contributed by atoms with van der Waals surface area (Å²) in [5.41, 5.74) is 2.85. The number of aromatic nitrogens is 1. The number of carbonyl (C=O) groups is 2. The van der Waals surface area contributed by atoms with Crippen LogP contribution in [0.3, 0.4) is 0 Å². The van der Waals surface area contributed by atoms with Gasteiger partial charge in [0, 0.05) is 17.8 Å². The molecule has 2 aromatic rings. The summed E-state index contributed by atoms with van der Waals surface area (Å²) >= 11 is 1.49. The molecule has 6 heteroatoms. The molecule has 1 saturated carbocycles. The predicted molar refractivity (Wildman–Crippen MR) is 96.9 cm³/mol. The quantitative estimate of drug-likeness (QED) is 0.858. The van der Waals surface area contributed by atoms with Gasteiger partial charge in [0.2, 0.25) is 0 Å². The summed E-state index contributed by atoms with van der Waals surface area (Å²) in [6.07, 6.45) is 3.39. The number of carbonyl (C=O) groups excluding carboxylic acids is 1. The number of aryl methyl sites for hydroxylation is 1. The Hall–Kier alpha value is -2.21. The lowest BCUT2D eigenvalue weighted by Crippen LogP contribution is -2.38. The monoisotopic (exact) mass is 358 g/mol. The number of hydrogen-bond donors (Lipinski definition) is 2. The van der Waals surface area contributed by atoms with Gasteiger partial charge >= 0.3 is 5.97 Å². The highest BCUT2D eigenvalue weighted by atomic mass is 32.1. The molecule has 0 bridgehead atoms. The number of nitrogens with one attached hydrogen (secondary N) is 1.